The Morgan fingerprint density at radius 1 is 1.65 bits per heavy atom. The van der Waals surface area contributed by atoms with E-state index in [1.165, 1.54) is 6.20 Å². The van der Waals surface area contributed by atoms with Crippen molar-refractivity contribution in [3.63, 3.8) is 0 Å². The molecule has 3 rings (SSSR count). The van der Waals surface area contributed by atoms with Crippen molar-refractivity contribution < 1.29 is 18.8 Å². The van der Waals surface area contributed by atoms with E-state index in [-0.39, 0.29) is 11.5 Å². The van der Waals surface area contributed by atoms with Crippen LogP contribution >= 0.6 is 0 Å². The van der Waals surface area contributed by atoms with Gasteiger partial charge in [-0.2, -0.15) is 0 Å². The van der Waals surface area contributed by atoms with Crippen LogP contribution < -0.4 is 0 Å². The maximum atomic E-state index is 12.4. The lowest BCUT2D eigenvalue weighted by Crippen LogP contribution is -2.56. The van der Waals surface area contributed by atoms with E-state index in [9.17, 15) is 4.79 Å². The van der Waals surface area contributed by atoms with Gasteiger partial charge >= 0.3 is 0 Å². The van der Waals surface area contributed by atoms with Gasteiger partial charge in [-0.3, -0.25) is 4.79 Å². The number of amides is 1. The average Bonchev–Trinajstić information content (AvgIpc) is 3.10. The van der Waals surface area contributed by atoms with Crippen molar-refractivity contribution in [3.05, 3.63) is 18.0 Å². The van der Waals surface area contributed by atoms with Gasteiger partial charge in [0.05, 0.1) is 31.6 Å². The van der Waals surface area contributed by atoms with Crippen LogP contribution in [-0.4, -0.2) is 55.0 Å². The molecule has 1 aliphatic carbocycles. The first-order valence-electron chi connectivity index (χ1n) is 7.08. The third kappa shape index (κ3) is 2.33. The molecular weight excluding hydrogens is 260 g/mol. The topological polar surface area (TPSA) is 64.8 Å². The Balaban J connectivity index is 1.74. The molecule has 2 atom stereocenters. The summed E-state index contributed by atoms with van der Waals surface area (Å²) >= 11 is 0. The summed E-state index contributed by atoms with van der Waals surface area (Å²) in [6.45, 7) is 2.46. The average molecular weight is 280 g/mol. The Bertz CT molecular complexity index is 462. The van der Waals surface area contributed by atoms with Crippen molar-refractivity contribution >= 4 is 5.91 Å². The molecule has 20 heavy (non-hydrogen) atoms. The largest absolute Gasteiger partial charge is 0.384 e. The number of nitrogens with zero attached hydrogens (tertiary/aromatic N) is 2. The molecule has 0 bridgehead atoms. The van der Waals surface area contributed by atoms with Crippen LogP contribution in [0.4, 0.5) is 0 Å². The second kappa shape index (κ2) is 5.54. The zero-order chi connectivity index (χ0) is 14.0. The predicted molar refractivity (Wildman–Crippen MR) is 70.3 cm³/mol. The molecule has 0 aromatic carbocycles. The molecule has 2 heterocycles. The second-order valence-electron chi connectivity index (χ2n) is 5.56. The maximum Gasteiger partial charge on any atom is 0.292 e. The Labute approximate surface area is 118 Å². The SMILES string of the molecule is COC[C@@H]1CCC[C@]12CN(C(=O)c1ccno1)CCO2. The molecule has 1 spiro atoms. The summed E-state index contributed by atoms with van der Waals surface area (Å²) in [7, 11) is 1.71. The first-order chi connectivity index (χ1) is 9.75. The molecule has 0 unspecified atom stereocenters. The van der Waals surface area contributed by atoms with Gasteiger partial charge in [-0.25, -0.2) is 0 Å². The zero-order valence-electron chi connectivity index (χ0n) is 11.7. The van der Waals surface area contributed by atoms with Crippen molar-refractivity contribution in [2.24, 2.45) is 5.92 Å². The number of aromatic nitrogens is 1. The molecule has 2 fully saturated rings. The summed E-state index contributed by atoms with van der Waals surface area (Å²) in [6.07, 6.45) is 4.70. The first kappa shape index (κ1) is 13.6. The number of hydrogen-bond donors (Lipinski definition) is 0. The van der Waals surface area contributed by atoms with E-state index in [0.717, 1.165) is 19.3 Å². The summed E-state index contributed by atoms with van der Waals surface area (Å²) < 4.78 is 16.3. The smallest absolute Gasteiger partial charge is 0.292 e. The van der Waals surface area contributed by atoms with Crippen LogP contribution in [0.15, 0.2) is 16.8 Å². The Morgan fingerprint density at radius 3 is 3.30 bits per heavy atom. The minimum Gasteiger partial charge on any atom is -0.384 e. The maximum absolute atomic E-state index is 12.4. The molecule has 1 aliphatic heterocycles. The molecule has 6 nitrogen and oxygen atoms in total. The number of methoxy groups -OCH3 is 1. The van der Waals surface area contributed by atoms with E-state index < -0.39 is 0 Å². The molecule has 1 saturated carbocycles. The van der Waals surface area contributed by atoms with Gasteiger partial charge in [-0.05, 0) is 12.8 Å². The van der Waals surface area contributed by atoms with Crippen LogP contribution in [0.25, 0.3) is 0 Å². The van der Waals surface area contributed by atoms with Crippen molar-refractivity contribution in [2.75, 3.05) is 33.4 Å². The summed E-state index contributed by atoms with van der Waals surface area (Å²) in [5, 5.41) is 3.60. The van der Waals surface area contributed by atoms with Crippen molar-refractivity contribution in [2.45, 2.75) is 24.9 Å². The molecule has 0 radical (unpaired) electrons. The number of carbonyl (C=O) groups is 1. The van der Waals surface area contributed by atoms with E-state index in [1.54, 1.807) is 13.2 Å². The van der Waals surface area contributed by atoms with Crippen LogP contribution in [0.2, 0.25) is 0 Å². The van der Waals surface area contributed by atoms with Gasteiger partial charge in [0, 0.05) is 25.6 Å². The molecule has 1 aromatic rings. The fourth-order valence-corrected chi connectivity index (χ4v) is 3.41. The summed E-state index contributed by atoms with van der Waals surface area (Å²) in [5.41, 5.74) is -0.246. The van der Waals surface area contributed by atoms with Gasteiger partial charge in [0.25, 0.3) is 5.91 Å². The Hall–Kier alpha value is -1.40. The first-order valence-corrected chi connectivity index (χ1v) is 7.08. The molecule has 0 N–H and O–H groups in total. The highest BCUT2D eigenvalue weighted by Gasteiger charge is 2.48. The predicted octanol–water partition coefficient (Wildman–Crippen LogP) is 1.33. The Kier molecular flexibility index (Phi) is 3.76. The monoisotopic (exact) mass is 280 g/mol. The normalized spacial score (nSPS) is 30.1. The van der Waals surface area contributed by atoms with E-state index in [1.807, 2.05) is 4.90 Å². The zero-order valence-corrected chi connectivity index (χ0v) is 11.7. The highest BCUT2D eigenvalue weighted by atomic mass is 16.5. The minimum absolute atomic E-state index is 0.103. The van der Waals surface area contributed by atoms with Crippen LogP contribution in [0.3, 0.4) is 0 Å². The van der Waals surface area contributed by atoms with E-state index >= 15 is 0 Å². The van der Waals surface area contributed by atoms with E-state index in [2.05, 4.69) is 5.16 Å². The van der Waals surface area contributed by atoms with Crippen molar-refractivity contribution in [1.29, 1.82) is 0 Å². The molecule has 1 saturated heterocycles. The Morgan fingerprint density at radius 2 is 2.55 bits per heavy atom. The van der Waals surface area contributed by atoms with Gasteiger partial charge in [0.15, 0.2) is 0 Å². The van der Waals surface area contributed by atoms with Gasteiger partial charge in [0.1, 0.15) is 0 Å². The van der Waals surface area contributed by atoms with E-state index in [0.29, 0.717) is 38.0 Å². The molecule has 1 amide bonds. The third-order valence-electron chi connectivity index (χ3n) is 4.41. The highest BCUT2D eigenvalue weighted by molar-refractivity contribution is 5.91. The lowest BCUT2D eigenvalue weighted by molar-refractivity contribution is -0.131. The fraction of sp³-hybridized carbons (Fsp3) is 0.714. The molecule has 1 aromatic heterocycles. The quantitative estimate of drug-likeness (QED) is 0.835. The molecule has 110 valence electrons. The van der Waals surface area contributed by atoms with Gasteiger partial charge < -0.3 is 18.9 Å². The second-order valence-corrected chi connectivity index (χ2v) is 5.56. The van der Waals surface area contributed by atoms with Crippen LogP contribution in [0.1, 0.15) is 29.8 Å². The number of hydrogen-bond acceptors (Lipinski definition) is 5. The van der Waals surface area contributed by atoms with Crippen LogP contribution in [0.5, 0.6) is 0 Å². The molecule has 2 aliphatic rings. The summed E-state index contributed by atoms with van der Waals surface area (Å²) in [6, 6.07) is 1.60. The molecular formula is C14H20N2O4. The number of carbonyl (C=O) groups excluding carboxylic acids is 1. The van der Waals surface area contributed by atoms with E-state index in [4.69, 9.17) is 14.0 Å². The highest BCUT2D eigenvalue weighted by Crippen LogP contribution is 2.41. The fourth-order valence-electron chi connectivity index (χ4n) is 3.41. The number of morpholine rings is 1. The number of rotatable bonds is 3. The third-order valence-corrected chi connectivity index (χ3v) is 4.41. The van der Waals surface area contributed by atoms with Gasteiger partial charge in [-0.15, -0.1) is 0 Å². The summed E-state index contributed by atoms with van der Waals surface area (Å²) in [4.78, 5) is 14.2. The van der Waals surface area contributed by atoms with Crippen LogP contribution in [0, 0.1) is 5.92 Å². The van der Waals surface area contributed by atoms with Gasteiger partial charge in [-0.1, -0.05) is 11.6 Å². The van der Waals surface area contributed by atoms with Crippen molar-refractivity contribution in [3.8, 4) is 0 Å². The van der Waals surface area contributed by atoms with Crippen molar-refractivity contribution in [1.82, 2.24) is 10.1 Å². The standard InChI is InChI=1S/C14H20N2O4/c1-18-9-11-3-2-5-14(11)10-16(7-8-19-14)13(17)12-4-6-15-20-12/h4,6,11H,2-3,5,7-10H2,1H3/t11-,14-/m0/s1. The lowest BCUT2D eigenvalue weighted by atomic mass is 9.89. The van der Waals surface area contributed by atoms with Gasteiger partial charge in [0.2, 0.25) is 5.76 Å². The minimum atomic E-state index is -0.246. The summed E-state index contributed by atoms with van der Waals surface area (Å²) in [5.74, 6) is 0.550. The number of ether oxygens (including phenoxy) is 2. The lowest BCUT2D eigenvalue weighted by Gasteiger charge is -2.43. The van der Waals surface area contributed by atoms with Crippen LogP contribution in [-0.2, 0) is 9.47 Å². The molecule has 6 heteroatoms.